The third-order valence-corrected chi connectivity index (χ3v) is 3.63. The number of rotatable bonds is 4. The van der Waals surface area contributed by atoms with Crippen LogP contribution in [0.2, 0.25) is 0 Å². The van der Waals surface area contributed by atoms with Crippen molar-refractivity contribution in [3.63, 3.8) is 0 Å². The molecule has 0 amide bonds. The quantitative estimate of drug-likeness (QED) is 0.828. The summed E-state index contributed by atoms with van der Waals surface area (Å²) in [5, 5.41) is 3.51. The fourth-order valence-corrected chi connectivity index (χ4v) is 2.54. The molecule has 0 aromatic heterocycles. The van der Waals surface area contributed by atoms with Crippen LogP contribution < -0.4 is 10.2 Å². The highest BCUT2D eigenvalue weighted by molar-refractivity contribution is 5.94. The van der Waals surface area contributed by atoms with Gasteiger partial charge < -0.3 is 10.2 Å². The number of nitrogens with zero attached hydrogens (tertiary/aromatic N) is 1. The van der Waals surface area contributed by atoms with Crippen molar-refractivity contribution in [3.8, 4) is 0 Å². The molecule has 1 saturated heterocycles. The van der Waals surface area contributed by atoms with Crippen LogP contribution >= 0.6 is 0 Å². The number of ketones is 1. The minimum absolute atomic E-state index is 0.132. The first-order chi connectivity index (χ1) is 8.70. The molecule has 1 aliphatic heterocycles. The van der Waals surface area contributed by atoms with Crippen molar-refractivity contribution in [2.75, 3.05) is 24.5 Å². The van der Waals surface area contributed by atoms with Gasteiger partial charge in [0.1, 0.15) is 0 Å². The van der Waals surface area contributed by atoms with E-state index in [1.165, 1.54) is 18.5 Å². The number of nitrogens with one attached hydrogen (secondary N) is 1. The molecule has 0 bridgehead atoms. The van der Waals surface area contributed by atoms with Crippen molar-refractivity contribution in [2.24, 2.45) is 0 Å². The van der Waals surface area contributed by atoms with Crippen molar-refractivity contribution in [2.45, 2.75) is 32.7 Å². The predicted octanol–water partition coefficient (Wildman–Crippen LogP) is 2.47. The molecule has 0 aliphatic carbocycles. The normalized spacial score (nSPS) is 16.9. The van der Waals surface area contributed by atoms with Gasteiger partial charge in [-0.15, -0.1) is 0 Å². The van der Waals surface area contributed by atoms with Crippen LogP contribution in [0.25, 0.3) is 0 Å². The highest BCUT2D eigenvalue weighted by atomic mass is 16.1. The van der Waals surface area contributed by atoms with Crippen LogP contribution in [0, 0.1) is 0 Å². The zero-order valence-corrected chi connectivity index (χ0v) is 11.3. The summed E-state index contributed by atoms with van der Waals surface area (Å²) in [5.74, 6) is 0.132. The van der Waals surface area contributed by atoms with E-state index in [-0.39, 0.29) is 5.78 Å². The highest BCUT2D eigenvalue weighted by Gasteiger charge is 2.18. The molecule has 1 aromatic carbocycles. The summed E-state index contributed by atoms with van der Waals surface area (Å²) in [5.41, 5.74) is 2.02. The molecule has 0 unspecified atom stereocenters. The Hall–Kier alpha value is -1.35. The lowest BCUT2D eigenvalue weighted by Crippen LogP contribution is -2.42. The number of carbonyl (C=O) groups is 1. The molecule has 98 valence electrons. The van der Waals surface area contributed by atoms with E-state index < -0.39 is 0 Å². The van der Waals surface area contributed by atoms with Gasteiger partial charge in [-0.25, -0.2) is 0 Å². The summed E-state index contributed by atoms with van der Waals surface area (Å²) in [7, 11) is 0. The van der Waals surface area contributed by atoms with Crippen molar-refractivity contribution in [3.05, 3.63) is 29.8 Å². The maximum Gasteiger partial charge on any atom is 0.159 e. The van der Waals surface area contributed by atoms with Crippen molar-refractivity contribution >= 4 is 11.5 Å². The van der Waals surface area contributed by atoms with Gasteiger partial charge in [0.15, 0.2) is 5.78 Å². The lowest BCUT2D eigenvalue weighted by atomic mass is 10.0. The maximum atomic E-state index is 11.2. The summed E-state index contributed by atoms with van der Waals surface area (Å²) in [4.78, 5) is 13.6. The second-order valence-electron chi connectivity index (χ2n) is 4.92. The Balaban J connectivity index is 1.95. The Labute approximate surface area is 109 Å². The average Bonchev–Trinajstić information content (AvgIpc) is 2.40. The van der Waals surface area contributed by atoms with Gasteiger partial charge in [0.25, 0.3) is 0 Å². The Morgan fingerprint density at radius 3 is 2.39 bits per heavy atom. The molecule has 1 N–H and O–H groups in total. The fourth-order valence-electron chi connectivity index (χ4n) is 2.54. The second kappa shape index (κ2) is 6.01. The van der Waals surface area contributed by atoms with Crippen molar-refractivity contribution in [1.29, 1.82) is 0 Å². The number of hydrogen-bond acceptors (Lipinski definition) is 3. The van der Waals surface area contributed by atoms with Gasteiger partial charge in [0.05, 0.1) is 0 Å². The van der Waals surface area contributed by atoms with E-state index >= 15 is 0 Å². The smallest absolute Gasteiger partial charge is 0.159 e. The summed E-state index contributed by atoms with van der Waals surface area (Å²) in [6, 6.07) is 8.64. The lowest BCUT2D eigenvalue weighted by molar-refractivity contribution is 0.101. The maximum absolute atomic E-state index is 11.2. The summed E-state index contributed by atoms with van der Waals surface area (Å²) in [6.45, 7) is 7.01. The van der Waals surface area contributed by atoms with Gasteiger partial charge in [-0.3, -0.25) is 4.79 Å². The van der Waals surface area contributed by atoms with E-state index in [2.05, 4.69) is 29.3 Å². The third-order valence-electron chi connectivity index (χ3n) is 3.63. The van der Waals surface area contributed by atoms with E-state index in [4.69, 9.17) is 0 Å². The van der Waals surface area contributed by atoms with E-state index in [9.17, 15) is 4.79 Å². The molecule has 0 radical (unpaired) electrons. The Morgan fingerprint density at radius 1 is 1.28 bits per heavy atom. The largest absolute Gasteiger partial charge is 0.371 e. The van der Waals surface area contributed by atoms with E-state index in [0.29, 0.717) is 6.04 Å². The molecular weight excluding hydrogens is 224 g/mol. The molecule has 1 heterocycles. The first kappa shape index (κ1) is 13.1. The standard InChI is InChI=1S/C15H22N2O/c1-3-16-14-8-10-17(11-9-14)15-6-4-13(5-7-15)12(2)18/h4-7,14,16H,3,8-11H2,1-2H3. The molecule has 2 rings (SSSR count). The number of anilines is 1. The molecule has 0 saturated carbocycles. The molecule has 1 aromatic rings. The van der Waals surface area contributed by atoms with Gasteiger partial charge in [0.2, 0.25) is 0 Å². The van der Waals surface area contributed by atoms with Crippen LogP contribution in [0.5, 0.6) is 0 Å². The predicted molar refractivity (Wildman–Crippen MR) is 75.4 cm³/mol. The molecular formula is C15H22N2O. The Kier molecular flexibility index (Phi) is 4.37. The van der Waals surface area contributed by atoms with Gasteiger partial charge in [0, 0.05) is 30.4 Å². The SMILES string of the molecule is CCNC1CCN(c2ccc(C(C)=O)cc2)CC1. The molecule has 1 aliphatic rings. The second-order valence-corrected chi connectivity index (χ2v) is 4.92. The third kappa shape index (κ3) is 3.10. The van der Waals surface area contributed by atoms with Crippen molar-refractivity contribution < 1.29 is 4.79 Å². The van der Waals surface area contributed by atoms with Gasteiger partial charge in [-0.1, -0.05) is 6.92 Å². The van der Waals surface area contributed by atoms with Crippen LogP contribution in [-0.2, 0) is 0 Å². The number of benzene rings is 1. The van der Waals surface area contributed by atoms with Crippen LogP contribution in [0.3, 0.4) is 0 Å². The average molecular weight is 246 g/mol. The Morgan fingerprint density at radius 2 is 1.89 bits per heavy atom. The van der Waals surface area contributed by atoms with Crippen LogP contribution in [0.4, 0.5) is 5.69 Å². The molecule has 18 heavy (non-hydrogen) atoms. The minimum Gasteiger partial charge on any atom is -0.371 e. The molecule has 3 heteroatoms. The van der Waals surface area contributed by atoms with Crippen molar-refractivity contribution in [1.82, 2.24) is 5.32 Å². The first-order valence-corrected chi connectivity index (χ1v) is 6.80. The zero-order chi connectivity index (χ0) is 13.0. The molecule has 1 fully saturated rings. The van der Waals surface area contributed by atoms with E-state index in [0.717, 1.165) is 25.2 Å². The number of hydrogen-bond donors (Lipinski definition) is 1. The molecule has 0 atom stereocenters. The summed E-state index contributed by atoms with van der Waals surface area (Å²) >= 11 is 0. The lowest BCUT2D eigenvalue weighted by Gasteiger charge is -2.34. The van der Waals surface area contributed by atoms with Crippen LogP contribution in [-0.4, -0.2) is 31.5 Å². The topological polar surface area (TPSA) is 32.3 Å². The number of carbonyl (C=O) groups excluding carboxylic acids is 1. The minimum atomic E-state index is 0.132. The van der Waals surface area contributed by atoms with Gasteiger partial charge in [-0.05, 0) is 50.6 Å². The number of piperidine rings is 1. The highest BCUT2D eigenvalue weighted by Crippen LogP contribution is 2.20. The summed E-state index contributed by atoms with van der Waals surface area (Å²) in [6.07, 6.45) is 2.39. The van der Waals surface area contributed by atoms with Gasteiger partial charge in [-0.2, -0.15) is 0 Å². The Bertz CT molecular complexity index is 391. The zero-order valence-electron chi connectivity index (χ0n) is 11.3. The molecule has 3 nitrogen and oxygen atoms in total. The fraction of sp³-hybridized carbons (Fsp3) is 0.533. The first-order valence-electron chi connectivity index (χ1n) is 6.80. The summed E-state index contributed by atoms with van der Waals surface area (Å²) < 4.78 is 0. The molecule has 0 spiro atoms. The van der Waals surface area contributed by atoms with Crippen LogP contribution in [0.15, 0.2) is 24.3 Å². The van der Waals surface area contributed by atoms with E-state index in [1.807, 2.05) is 12.1 Å². The monoisotopic (exact) mass is 246 g/mol. The van der Waals surface area contributed by atoms with Gasteiger partial charge >= 0.3 is 0 Å². The van der Waals surface area contributed by atoms with E-state index in [1.54, 1.807) is 6.92 Å². The van der Waals surface area contributed by atoms with Crippen LogP contribution in [0.1, 0.15) is 37.0 Å². The number of Topliss-reactive ketones (excluding diaryl/α,β-unsaturated/α-hetero) is 1.